The number of nitrogens with zero attached hydrogens (tertiary/aromatic N) is 2. The Bertz CT molecular complexity index is 211. The molecule has 1 aliphatic rings. The molecule has 0 atom stereocenters. The fourth-order valence-corrected chi connectivity index (χ4v) is 1.68. The zero-order chi connectivity index (χ0) is 10.6. The van der Waals surface area contributed by atoms with E-state index in [2.05, 4.69) is 18.0 Å². The molecule has 14 heavy (non-hydrogen) atoms. The zero-order valence-corrected chi connectivity index (χ0v) is 9.71. The van der Waals surface area contributed by atoms with Crippen LogP contribution in [0.25, 0.3) is 0 Å². The molecule has 0 aliphatic heterocycles. The summed E-state index contributed by atoms with van der Waals surface area (Å²) in [6.07, 6.45) is 5.00. The molecule has 80 valence electrons. The fourth-order valence-electron chi connectivity index (χ4n) is 1.68. The zero-order valence-electron chi connectivity index (χ0n) is 9.71. The summed E-state index contributed by atoms with van der Waals surface area (Å²) in [6, 6.07) is 2.35. The monoisotopic (exact) mass is 194 g/mol. The van der Waals surface area contributed by atoms with E-state index < -0.39 is 0 Å². The van der Waals surface area contributed by atoms with Gasteiger partial charge < -0.3 is 4.90 Å². The van der Waals surface area contributed by atoms with E-state index >= 15 is 0 Å². The van der Waals surface area contributed by atoms with Gasteiger partial charge in [-0.3, -0.25) is 0 Å². The second-order valence-electron chi connectivity index (χ2n) is 5.30. The minimum absolute atomic E-state index is 0.138. The van der Waals surface area contributed by atoms with Crippen molar-refractivity contribution in [2.45, 2.75) is 39.5 Å². The highest BCUT2D eigenvalue weighted by Gasteiger charge is 2.23. The Morgan fingerprint density at radius 2 is 2.07 bits per heavy atom. The Hall–Kier alpha value is -0.550. The van der Waals surface area contributed by atoms with Crippen molar-refractivity contribution >= 4 is 0 Å². The van der Waals surface area contributed by atoms with Gasteiger partial charge in [0, 0.05) is 6.54 Å². The van der Waals surface area contributed by atoms with Crippen LogP contribution in [-0.2, 0) is 0 Å². The third kappa shape index (κ3) is 4.62. The quantitative estimate of drug-likeness (QED) is 0.650. The van der Waals surface area contributed by atoms with Crippen LogP contribution in [0.5, 0.6) is 0 Å². The molecule has 1 fully saturated rings. The number of nitriles is 1. The van der Waals surface area contributed by atoms with Gasteiger partial charge >= 0.3 is 0 Å². The van der Waals surface area contributed by atoms with Crippen molar-refractivity contribution in [2.24, 2.45) is 11.3 Å². The molecule has 0 bridgehead atoms. The molecule has 2 nitrogen and oxygen atoms in total. The van der Waals surface area contributed by atoms with E-state index in [0.717, 1.165) is 25.3 Å². The van der Waals surface area contributed by atoms with Crippen LogP contribution >= 0.6 is 0 Å². The van der Waals surface area contributed by atoms with E-state index in [9.17, 15) is 0 Å². The Morgan fingerprint density at radius 1 is 1.43 bits per heavy atom. The highest BCUT2D eigenvalue weighted by molar-refractivity contribution is 4.91. The molecule has 0 unspecified atom stereocenters. The van der Waals surface area contributed by atoms with E-state index in [4.69, 9.17) is 5.26 Å². The molecule has 0 aromatic rings. The third-order valence-corrected chi connectivity index (χ3v) is 2.91. The molecule has 0 N–H and O–H groups in total. The van der Waals surface area contributed by atoms with Gasteiger partial charge in [-0.15, -0.1) is 0 Å². The minimum atomic E-state index is -0.138. The molecular weight excluding hydrogens is 172 g/mol. The number of rotatable bonds is 6. The second kappa shape index (κ2) is 4.79. The largest absolute Gasteiger partial charge is 0.306 e. The van der Waals surface area contributed by atoms with Crippen molar-refractivity contribution in [3.8, 4) is 6.07 Å². The molecule has 2 heteroatoms. The van der Waals surface area contributed by atoms with E-state index in [0.29, 0.717) is 0 Å². The van der Waals surface area contributed by atoms with E-state index in [1.165, 1.54) is 19.4 Å². The van der Waals surface area contributed by atoms with Crippen molar-refractivity contribution in [2.75, 3.05) is 20.1 Å². The average molecular weight is 194 g/mol. The van der Waals surface area contributed by atoms with Crippen molar-refractivity contribution in [3.63, 3.8) is 0 Å². The number of hydrogen-bond donors (Lipinski definition) is 0. The first-order valence-corrected chi connectivity index (χ1v) is 5.63. The summed E-state index contributed by atoms with van der Waals surface area (Å²) in [5.41, 5.74) is -0.138. The minimum Gasteiger partial charge on any atom is -0.306 e. The molecule has 1 saturated carbocycles. The van der Waals surface area contributed by atoms with Crippen molar-refractivity contribution in [1.82, 2.24) is 4.90 Å². The summed E-state index contributed by atoms with van der Waals surface area (Å²) in [4.78, 5) is 2.41. The van der Waals surface area contributed by atoms with Crippen LogP contribution in [0, 0.1) is 22.7 Å². The molecule has 0 radical (unpaired) electrons. The lowest BCUT2D eigenvalue weighted by Gasteiger charge is -2.19. The lowest BCUT2D eigenvalue weighted by Crippen LogP contribution is -2.23. The van der Waals surface area contributed by atoms with Crippen LogP contribution in [0.3, 0.4) is 0 Å². The van der Waals surface area contributed by atoms with Crippen LogP contribution in [0.2, 0.25) is 0 Å². The lowest BCUT2D eigenvalue weighted by atomic mass is 9.90. The summed E-state index contributed by atoms with van der Waals surface area (Å²) in [5.74, 6) is 0.976. The van der Waals surface area contributed by atoms with Crippen LogP contribution in [0.15, 0.2) is 0 Å². The second-order valence-corrected chi connectivity index (χ2v) is 5.30. The maximum atomic E-state index is 8.85. The Balaban J connectivity index is 2.05. The molecule has 0 aromatic carbocycles. The fraction of sp³-hybridized carbons (Fsp3) is 0.917. The van der Waals surface area contributed by atoms with Gasteiger partial charge in [0.05, 0.1) is 11.5 Å². The van der Waals surface area contributed by atoms with Crippen LogP contribution in [0.4, 0.5) is 0 Å². The van der Waals surface area contributed by atoms with Crippen molar-refractivity contribution < 1.29 is 0 Å². The highest BCUT2D eigenvalue weighted by atomic mass is 15.1. The van der Waals surface area contributed by atoms with Crippen molar-refractivity contribution in [1.29, 1.82) is 5.26 Å². The topological polar surface area (TPSA) is 27.0 Å². The Morgan fingerprint density at radius 3 is 2.57 bits per heavy atom. The van der Waals surface area contributed by atoms with E-state index in [1.54, 1.807) is 0 Å². The summed E-state index contributed by atoms with van der Waals surface area (Å²) in [5, 5.41) is 8.85. The summed E-state index contributed by atoms with van der Waals surface area (Å²) in [7, 11) is 2.19. The first-order chi connectivity index (χ1) is 6.53. The SMILES string of the molecule is CN(CCCC(C)(C)C#N)CC1CC1. The van der Waals surface area contributed by atoms with E-state index in [-0.39, 0.29) is 5.41 Å². The summed E-state index contributed by atoms with van der Waals surface area (Å²) >= 11 is 0. The Labute approximate surface area is 87.9 Å². The predicted octanol–water partition coefficient (Wildman–Crippen LogP) is 2.66. The van der Waals surface area contributed by atoms with Crippen molar-refractivity contribution in [3.05, 3.63) is 0 Å². The predicted molar refractivity (Wildman–Crippen MR) is 58.8 cm³/mol. The normalized spacial score (nSPS) is 17.1. The molecular formula is C12H22N2. The molecule has 0 heterocycles. The van der Waals surface area contributed by atoms with E-state index in [1.807, 2.05) is 13.8 Å². The van der Waals surface area contributed by atoms with Gasteiger partial charge in [-0.05, 0) is 59.0 Å². The maximum absolute atomic E-state index is 8.85. The lowest BCUT2D eigenvalue weighted by molar-refractivity contribution is 0.294. The van der Waals surface area contributed by atoms with Gasteiger partial charge in [-0.1, -0.05) is 0 Å². The van der Waals surface area contributed by atoms with Crippen LogP contribution in [-0.4, -0.2) is 25.0 Å². The molecule has 0 spiro atoms. The third-order valence-electron chi connectivity index (χ3n) is 2.91. The molecule has 0 saturated heterocycles. The van der Waals surface area contributed by atoms with Gasteiger partial charge in [0.25, 0.3) is 0 Å². The van der Waals surface area contributed by atoms with Gasteiger partial charge in [0.2, 0.25) is 0 Å². The Kier molecular flexibility index (Phi) is 3.95. The molecule has 1 rings (SSSR count). The van der Waals surface area contributed by atoms with Crippen LogP contribution in [0.1, 0.15) is 39.5 Å². The van der Waals surface area contributed by atoms with Gasteiger partial charge in [-0.2, -0.15) is 5.26 Å². The molecule has 0 amide bonds. The van der Waals surface area contributed by atoms with Gasteiger partial charge in [0.15, 0.2) is 0 Å². The number of hydrogen-bond acceptors (Lipinski definition) is 2. The summed E-state index contributed by atoms with van der Waals surface area (Å²) < 4.78 is 0. The standard InChI is InChI=1S/C12H22N2/c1-12(2,10-13)7-4-8-14(3)9-11-5-6-11/h11H,4-9H2,1-3H3. The molecule has 1 aliphatic carbocycles. The first kappa shape index (κ1) is 11.5. The first-order valence-electron chi connectivity index (χ1n) is 5.63. The van der Waals surface area contributed by atoms with Crippen LogP contribution < -0.4 is 0 Å². The maximum Gasteiger partial charge on any atom is 0.0683 e. The van der Waals surface area contributed by atoms with Gasteiger partial charge in [-0.25, -0.2) is 0 Å². The smallest absolute Gasteiger partial charge is 0.0683 e. The average Bonchev–Trinajstić information content (AvgIpc) is 2.88. The van der Waals surface area contributed by atoms with Gasteiger partial charge in [0.1, 0.15) is 0 Å². The molecule has 0 aromatic heterocycles. The highest BCUT2D eigenvalue weighted by Crippen LogP contribution is 2.29. The summed E-state index contributed by atoms with van der Waals surface area (Å²) in [6.45, 7) is 6.44.